The fourth-order valence-corrected chi connectivity index (χ4v) is 3.99. The maximum absolute atomic E-state index is 13.5. The summed E-state index contributed by atoms with van der Waals surface area (Å²) in [6.45, 7) is 10.4. The van der Waals surface area contributed by atoms with Crippen molar-refractivity contribution in [3.63, 3.8) is 0 Å². The lowest BCUT2D eigenvalue weighted by Gasteiger charge is -2.21. The average molecular weight is 538 g/mol. The average Bonchev–Trinajstić information content (AvgIpc) is 2.91. The molecule has 1 aromatic heterocycles. The summed E-state index contributed by atoms with van der Waals surface area (Å²) in [4.78, 5) is 64.0. The summed E-state index contributed by atoms with van der Waals surface area (Å²) in [5.41, 5.74) is -2.44. The maximum atomic E-state index is 13.5. The molecule has 0 bridgehead atoms. The van der Waals surface area contributed by atoms with Gasteiger partial charge < -0.3 is 14.6 Å². The molecule has 0 radical (unpaired) electrons. The van der Waals surface area contributed by atoms with Crippen molar-refractivity contribution >= 4 is 11.9 Å². The molecule has 0 aliphatic rings. The zero-order valence-electron chi connectivity index (χ0n) is 22.8. The van der Waals surface area contributed by atoms with Crippen molar-refractivity contribution < 1.29 is 24.2 Å². The van der Waals surface area contributed by atoms with Gasteiger partial charge in [0.15, 0.2) is 0 Å². The smallest absolute Gasteiger partial charge is 0.336 e. The summed E-state index contributed by atoms with van der Waals surface area (Å²) in [6.07, 6.45) is 6.82. The van der Waals surface area contributed by atoms with Crippen LogP contribution in [0.1, 0.15) is 78.1 Å². The number of carbonyl (C=O) groups excluding carboxylic acids is 2. The Morgan fingerprint density at radius 2 is 1.16 bits per heavy atom. The second-order valence-electron chi connectivity index (χ2n) is 9.17. The van der Waals surface area contributed by atoms with E-state index in [1.165, 1.54) is 0 Å². The van der Waals surface area contributed by atoms with Crippen LogP contribution in [0.5, 0.6) is 0 Å². The van der Waals surface area contributed by atoms with Crippen LogP contribution in [0.15, 0.2) is 39.7 Å². The molecule has 0 spiro atoms. The molecule has 0 fully saturated rings. The highest BCUT2D eigenvalue weighted by Gasteiger charge is 2.23. The van der Waals surface area contributed by atoms with E-state index >= 15 is 0 Å². The molecule has 1 rings (SSSR count). The van der Waals surface area contributed by atoms with Gasteiger partial charge in [0, 0.05) is 25.3 Å². The highest BCUT2D eigenvalue weighted by Crippen LogP contribution is 2.09. The molecule has 1 N–H and O–H groups in total. The van der Waals surface area contributed by atoms with Crippen LogP contribution in [0.2, 0.25) is 0 Å². The Kier molecular flexibility index (Phi) is 15.6. The third kappa shape index (κ3) is 10.6. The molecule has 0 saturated carbocycles. The quantitative estimate of drug-likeness (QED) is 0.152. The molecule has 11 heteroatoms. The molecule has 2 unspecified atom stereocenters. The summed E-state index contributed by atoms with van der Waals surface area (Å²) in [5, 5.41) is 8.99. The summed E-state index contributed by atoms with van der Waals surface area (Å²) < 4.78 is 13.6. The number of aromatic nitrogens is 3. The normalized spacial score (nSPS) is 12.5. The van der Waals surface area contributed by atoms with Crippen molar-refractivity contribution in [3.8, 4) is 0 Å². The molecule has 0 aromatic carbocycles. The fourth-order valence-electron chi connectivity index (χ4n) is 3.99. The summed E-state index contributed by atoms with van der Waals surface area (Å²) in [5.74, 6) is -1.35. The third-order valence-electron chi connectivity index (χ3n) is 6.11. The van der Waals surface area contributed by atoms with Crippen molar-refractivity contribution in [3.05, 3.63) is 56.8 Å². The van der Waals surface area contributed by atoms with Crippen LogP contribution < -0.4 is 17.1 Å². The lowest BCUT2D eigenvalue weighted by molar-refractivity contribution is -0.144. The first-order valence-electron chi connectivity index (χ1n) is 13.4. The van der Waals surface area contributed by atoms with Crippen LogP contribution in [-0.2, 0) is 38.7 Å². The number of aliphatic hydroxyl groups excluding tert-OH is 1. The molecule has 38 heavy (non-hydrogen) atoms. The zero-order chi connectivity index (χ0) is 28.5. The van der Waals surface area contributed by atoms with E-state index in [9.17, 15) is 24.0 Å². The van der Waals surface area contributed by atoms with Crippen LogP contribution in [-0.4, -0.2) is 49.6 Å². The number of esters is 2. The van der Waals surface area contributed by atoms with Gasteiger partial charge in [0.05, 0.1) is 13.1 Å². The summed E-state index contributed by atoms with van der Waals surface area (Å²) in [6, 6.07) is 0. The molecule has 0 aliphatic carbocycles. The summed E-state index contributed by atoms with van der Waals surface area (Å²) in [7, 11) is 0. The number of hydrogen-bond donors (Lipinski definition) is 1. The number of hydrogen-bond acceptors (Lipinski definition) is 8. The van der Waals surface area contributed by atoms with Crippen LogP contribution in [0.4, 0.5) is 0 Å². The monoisotopic (exact) mass is 537 g/mol. The molecule has 2 atom stereocenters. The van der Waals surface area contributed by atoms with Gasteiger partial charge in [-0.2, -0.15) is 0 Å². The number of nitrogens with zero attached hydrogens (tertiary/aromatic N) is 3. The van der Waals surface area contributed by atoms with Crippen LogP contribution in [0.3, 0.4) is 0 Å². The predicted octanol–water partition coefficient (Wildman–Crippen LogP) is 2.30. The van der Waals surface area contributed by atoms with E-state index in [-0.39, 0.29) is 26.2 Å². The second-order valence-corrected chi connectivity index (χ2v) is 9.17. The lowest BCUT2D eigenvalue weighted by Crippen LogP contribution is -2.56. The Morgan fingerprint density at radius 3 is 1.55 bits per heavy atom. The Bertz CT molecular complexity index is 1010. The second kappa shape index (κ2) is 18.1. The first-order chi connectivity index (χ1) is 18.2. The van der Waals surface area contributed by atoms with Crippen LogP contribution in [0, 0.1) is 0 Å². The highest BCUT2D eigenvalue weighted by molar-refractivity contribution is 5.81. The number of unbranched alkanes of at least 4 members (excludes halogenated alkanes) is 5. The molecular formula is C27H43N3O8. The molecule has 1 heterocycles. The Balaban J connectivity index is 3.54. The molecular weight excluding hydrogens is 494 g/mol. The minimum atomic E-state index is -0.858. The maximum Gasteiger partial charge on any atom is 0.336 e. The highest BCUT2D eigenvalue weighted by atomic mass is 16.5. The van der Waals surface area contributed by atoms with Crippen LogP contribution in [0.25, 0.3) is 0 Å². The summed E-state index contributed by atoms with van der Waals surface area (Å²) >= 11 is 0. The number of aliphatic hydroxyl groups is 1. The van der Waals surface area contributed by atoms with E-state index in [0.717, 1.165) is 45.1 Å². The van der Waals surface area contributed by atoms with Gasteiger partial charge in [-0.15, -0.1) is 0 Å². The van der Waals surface area contributed by atoms with Crippen molar-refractivity contribution in [1.82, 2.24) is 13.7 Å². The van der Waals surface area contributed by atoms with E-state index in [1.54, 1.807) is 0 Å². The number of carbonyl (C=O) groups is 2. The first-order valence-corrected chi connectivity index (χ1v) is 13.4. The van der Waals surface area contributed by atoms with Gasteiger partial charge in [-0.25, -0.2) is 37.7 Å². The van der Waals surface area contributed by atoms with Crippen molar-refractivity contribution in [2.75, 3.05) is 6.61 Å². The van der Waals surface area contributed by atoms with Crippen molar-refractivity contribution in [2.24, 2.45) is 0 Å². The Labute approximate surface area is 223 Å². The molecule has 0 amide bonds. The van der Waals surface area contributed by atoms with E-state index in [1.807, 2.05) is 13.8 Å². The Hall–Kier alpha value is -3.21. The minimum Gasteiger partial charge on any atom is -0.457 e. The molecule has 11 nitrogen and oxygen atoms in total. The van der Waals surface area contributed by atoms with Crippen molar-refractivity contribution in [1.29, 1.82) is 0 Å². The van der Waals surface area contributed by atoms with E-state index in [0.29, 0.717) is 44.9 Å². The molecule has 214 valence electrons. The van der Waals surface area contributed by atoms with Gasteiger partial charge in [0.1, 0.15) is 12.2 Å². The predicted molar refractivity (Wildman–Crippen MR) is 144 cm³/mol. The standard InChI is InChI=1S/C27H43N3O8/c1-5-9-15-21(37-23(32)7-3)19-29-25(34)28(17-13-11-12-14-18-31)26(35)30(27(29)36)20-22(16-10-6-2)38-24(33)8-4/h7-8,21-22,31H,3-6,9-20H2,1-2H3. The van der Waals surface area contributed by atoms with E-state index < -0.39 is 41.2 Å². The molecule has 0 aliphatic heterocycles. The third-order valence-corrected chi connectivity index (χ3v) is 6.11. The van der Waals surface area contributed by atoms with Gasteiger partial charge >= 0.3 is 29.0 Å². The SMILES string of the molecule is C=CC(=O)OC(CCCC)Cn1c(=O)n(CCCCCCO)c(=O)n(CC(CCCC)OC(=O)C=C)c1=O. The number of rotatable bonds is 20. The molecule has 1 aromatic rings. The topological polar surface area (TPSA) is 139 Å². The van der Waals surface area contributed by atoms with E-state index in [4.69, 9.17) is 14.6 Å². The zero-order valence-corrected chi connectivity index (χ0v) is 22.8. The number of ether oxygens (including phenoxy) is 2. The van der Waals surface area contributed by atoms with Gasteiger partial charge in [0.25, 0.3) is 0 Å². The van der Waals surface area contributed by atoms with E-state index in [2.05, 4.69) is 13.2 Å². The lowest BCUT2D eigenvalue weighted by atomic mass is 10.1. The largest absolute Gasteiger partial charge is 0.457 e. The van der Waals surface area contributed by atoms with Crippen molar-refractivity contribution in [2.45, 2.75) is 110 Å². The Morgan fingerprint density at radius 1 is 0.737 bits per heavy atom. The van der Waals surface area contributed by atoms with Gasteiger partial charge in [-0.05, 0) is 38.5 Å². The first kappa shape index (κ1) is 32.8. The van der Waals surface area contributed by atoms with Gasteiger partial charge in [-0.1, -0.05) is 52.7 Å². The van der Waals surface area contributed by atoms with Gasteiger partial charge in [0.2, 0.25) is 0 Å². The fraction of sp³-hybridized carbons (Fsp3) is 0.667. The minimum absolute atomic E-state index is 0.0583. The molecule has 0 saturated heterocycles. The van der Waals surface area contributed by atoms with Crippen LogP contribution >= 0.6 is 0 Å². The van der Waals surface area contributed by atoms with Gasteiger partial charge in [-0.3, -0.25) is 0 Å².